The van der Waals surface area contributed by atoms with Crippen LogP contribution in [0.5, 0.6) is 0 Å². The molecule has 1 unspecified atom stereocenters. The third kappa shape index (κ3) is 5.55. The lowest BCUT2D eigenvalue weighted by Crippen LogP contribution is -2.42. The number of anilines is 2. The highest BCUT2D eigenvalue weighted by Crippen LogP contribution is 2.19. The number of amides is 3. The number of hydrogen-bond acceptors (Lipinski definition) is 5. The second kappa shape index (κ2) is 8.31. The van der Waals surface area contributed by atoms with Gasteiger partial charge in [-0.05, 0) is 37.6 Å². The van der Waals surface area contributed by atoms with Crippen molar-refractivity contribution in [3.05, 3.63) is 24.3 Å². The van der Waals surface area contributed by atoms with Gasteiger partial charge >= 0.3 is 0 Å². The molecule has 8 nitrogen and oxygen atoms in total. The van der Waals surface area contributed by atoms with Gasteiger partial charge in [0, 0.05) is 30.9 Å². The maximum absolute atomic E-state index is 12.4. The molecule has 0 bridgehead atoms. The van der Waals surface area contributed by atoms with Crippen molar-refractivity contribution in [3.8, 4) is 0 Å². The molecule has 0 aromatic heterocycles. The summed E-state index contributed by atoms with van der Waals surface area (Å²) in [6.45, 7) is 3.52. The summed E-state index contributed by atoms with van der Waals surface area (Å²) in [6, 6.07) is 6.16. The molecule has 142 valence electrons. The molecule has 9 heteroatoms. The molecule has 1 atom stereocenters. The van der Waals surface area contributed by atoms with E-state index in [0.717, 1.165) is 0 Å². The average Bonchev–Trinajstić information content (AvgIpc) is 2.89. The molecule has 3 amide bonds. The van der Waals surface area contributed by atoms with Crippen molar-refractivity contribution in [2.24, 2.45) is 0 Å². The van der Waals surface area contributed by atoms with Crippen molar-refractivity contribution >= 4 is 38.9 Å². The maximum Gasteiger partial charge on any atom is 0.233 e. The lowest BCUT2D eigenvalue weighted by molar-refractivity contribution is -0.136. The van der Waals surface area contributed by atoms with Gasteiger partial charge in [-0.3, -0.25) is 14.4 Å². The Morgan fingerprint density at radius 1 is 1.12 bits per heavy atom. The molecule has 1 aromatic carbocycles. The predicted octanol–water partition coefficient (Wildman–Crippen LogP) is 1.01. The fourth-order valence-electron chi connectivity index (χ4n) is 2.94. The van der Waals surface area contributed by atoms with Gasteiger partial charge in [-0.2, -0.15) is 0 Å². The number of hydrogen-bond donors (Lipinski definition) is 2. The summed E-state index contributed by atoms with van der Waals surface area (Å²) in [7, 11) is -3.10. The predicted molar refractivity (Wildman–Crippen MR) is 98.4 cm³/mol. The number of benzene rings is 1. The summed E-state index contributed by atoms with van der Waals surface area (Å²) in [6.07, 6.45) is 0.0615. The van der Waals surface area contributed by atoms with Crippen molar-refractivity contribution in [1.82, 2.24) is 4.90 Å². The van der Waals surface area contributed by atoms with Crippen LogP contribution in [0.4, 0.5) is 11.4 Å². The maximum atomic E-state index is 12.4. The molecular weight excluding hydrogens is 358 g/mol. The van der Waals surface area contributed by atoms with Gasteiger partial charge in [0.05, 0.1) is 11.5 Å². The van der Waals surface area contributed by atoms with Crippen LogP contribution in [0.25, 0.3) is 0 Å². The van der Waals surface area contributed by atoms with Crippen molar-refractivity contribution in [1.29, 1.82) is 0 Å². The van der Waals surface area contributed by atoms with Crippen molar-refractivity contribution in [3.63, 3.8) is 0 Å². The van der Waals surface area contributed by atoms with Gasteiger partial charge in [0.15, 0.2) is 9.84 Å². The topological polar surface area (TPSA) is 113 Å². The SMILES string of the molecule is CCN(C(=O)CC(=O)Nc1ccc(NC(C)=O)cc1)C1CCS(=O)(=O)C1. The first kappa shape index (κ1) is 19.9. The third-order valence-corrected chi connectivity index (χ3v) is 5.86. The summed E-state index contributed by atoms with van der Waals surface area (Å²) in [5.74, 6) is -1.02. The van der Waals surface area contributed by atoms with Crippen LogP contribution in [-0.4, -0.2) is 55.1 Å². The molecule has 1 fully saturated rings. The van der Waals surface area contributed by atoms with Crippen LogP contribution in [0.3, 0.4) is 0 Å². The van der Waals surface area contributed by atoms with Crippen LogP contribution >= 0.6 is 0 Å². The van der Waals surface area contributed by atoms with Crippen LogP contribution in [0, 0.1) is 0 Å². The molecule has 1 heterocycles. The van der Waals surface area contributed by atoms with Crippen LogP contribution in [0.2, 0.25) is 0 Å². The molecule has 0 radical (unpaired) electrons. The lowest BCUT2D eigenvalue weighted by Gasteiger charge is -2.26. The minimum absolute atomic E-state index is 0.0428. The van der Waals surface area contributed by atoms with Crippen molar-refractivity contribution < 1.29 is 22.8 Å². The number of carbonyl (C=O) groups excluding carboxylic acids is 3. The van der Waals surface area contributed by atoms with E-state index in [4.69, 9.17) is 0 Å². The highest BCUT2D eigenvalue weighted by atomic mass is 32.2. The van der Waals surface area contributed by atoms with Crippen LogP contribution in [-0.2, 0) is 24.2 Å². The van der Waals surface area contributed by atoms with Gasteiger partial charge in [-0.25, -0.2) is 8.42 Å². The quantitative estimate of drug-likeness (QED) is 0.714. The summed E-state index contributed by atoms with van der Waals surface area (Å²) in [4.78, 5) is 36.9. The second-order valence-electron chi connectivity index (χ2n) is 6.22. The molecule has 2 rings (SSSR count). The molecular formula is C17H23N3O5S. The van der Waals surface area contributed by atoms with E-state index >= 15 is 0 Å². The Morgan fingerprint density at radius 2 is 1.69 bits per heavy atom. The Balaban J connectivity index is 1.91. The third-order valence-electron chi connectivity index (χ3n) is 4.11. The van der Waals surface area contributed by atoms with Gasteiger partial charge in [0.25, 0.3) is 0 Å². The zero-order chi connectivity index (χ0) is 19.3. The van der Waals surface area contributed by atoms with E-state index in [0.29, 0.717) is 24.3 Å². The zero-order valence-corrected chi connectivity index (χ0v) is 15.6. The van der Waals surface area contributed by atoms with Gasteiger partial charge in [0.2, 0.25) is 17.7 Å². The fraction of sp³-hybridized carbons (Fsp3) is 0.471. The molecule has 0 aliphatic carbocycles. The van der Waals surface area contributed by atoms with Crippen molar-refractivity contribution in [2.75, 3.05) is 28.7 Å². The second-order valence-corrected chi connectivity index (χ2v) is 8.45. The lowest BCUT2D eigenvalue weighted by atomic mass is 10.2. The Kier molecular flexibility index (Phi) is 6.36. The van der Waals surface area contributed by atoms with E-state index < -0.39 is 15.7 Å². The summed E-state index contributed by atoms with van der Waals surface area (Å²) in [5.41, 5.74) is 1.11. The van der Waals surface area contributed by atoms with Gasteiger partial charge in [-0.1, -0.05) is 0 Å². The molecule has 1 aliphatic rings. The van der Waals surface area contributed by atoms with E-state index in [2.05, 4.69) is 10.6 Å². The highest BCUT2D eigenvalue weighted by Gasteiger charge is 2.34. The Hall–Kier alpha value is -2.42. The number of sulfone groups is 1. The smallest absolute Gasteiger partial charge is 0.233 e. The molecule has 0 saturated carbocycles. The van der Waals surface area contributed by atoms with Crippen LogP contribution in [0.15, 0.2) is 24.3 Å². The zero-order valence-electron chi connectivity index (χ0n) is 14.8. The summed E-state index contributed by atoms with van der Waals surface area (Å²) < 4.78 is 23.2. The highest BCUT2D eigenvalue weighted by molar-refractivity contribution is 7.91. The van der Waals surface area contributed by atoms with Crippen LogP contribution < -0.4 is 10.6 Å². The molecule has 0 spiro atoms. The minimum atomic E-state index is -3.10. The van der Waals surface area contributed by atoms with E-state index in [1.807, 2.05) is 0 Å². The minimum Gasteiger partial charge on any atom is -0.338 e. The van der Waals surface area contributed by atoms with E-state index in [-0.39, 0.29) is 35.8 Å². The normalized spacial score (nSPS) is 18.2. The number of nitrogens with one attached hydrogen (secondary N) is 2. The van der Waals surface area contributed by atoms with Crippen LogP contribution in [0.1, 0.15) is 26.7 Å². The largest absolute Gasteiger partial charge is 0.338 e. The molecule has 1 saturated heterocycles. The number of rotatable bonds is 6. The Morgan fingerprint density at radius 3 is 2.15 bits per heavy atom. The first-order valence-electron chi connectivity index (χ1n) is 8.37. The van der Waals surface area contributed by atoms with E-state index in [1.54, 1.807) is 31.2 Å². The molecule has 1 aromatic rings. The Bertz CT molecular complexity index is 789. The van der Waals surface area contributed by atoms with Gasteiger partial charge < -0.3 is 15.5 Å². The first-order valence-corrected chi connectivity index (χ1v) is 10.2. The molecule has 2 N–H and O–H groups in total. The first-order chi connectivity index (χ1) is 12.2. The number of carbonyl (C=O) groups is 3. The van der Waals surface area contributed by atoms with Crippen molar-refractivity contribution in [2.45, 2.75) is 32.7 Å². The molecule has 26 heavy (non-hydrogen) atoms. The van der Waals surface area contributed by atoms with Gasteiger partial charge in [-0.15, -0.1) is 0 Å². The standard InChI is InChI=1S/C17H23N3O5S/c1-3-20(15-8-9-26(24,25)11-15)17(23)10-16(22)19-14-6-4-13(5-7-14)18-12(2)21/h4-7,15H,3,8-11H2,1-2H3,(H,18,21)(H,19,22). The monoisotopic (exact) mass is 381 g/mol. The summed E-state index contributed by atoms with van der Waals surface area (Å²) >= 11 is 0. The van der Waals surface area contributed by atoms with E-state index in [1.165, 1.54) is 11.8 Å². The average molecular weight is 381 g/mol. The summed E-state index contributed by atoms with van der Waals surface area (Å²) in [5, 5.41) is 5.24. The number of nitrogens with zero attached hydrogens (tertiary/aromatic N) is 1. The van der Waals surface area contributed by atoms with E-state index in [9.17, 15) is 22.8 Å². The van der Waals surface area contributed by atoms with Gasteiger partial charge in [0.1, 0.15) is 6.42 Å². The molecule has 1 aliphatic heterocycles. The fourth-order valence-corrected chi connectivity index (χ4v) is 4.67. The Labute approximate surface area is 152 Å².